The first kappa shape index (κ1) is 13.8. The van der Waals surface area contributed by atoms with Gasteiger partial charge in [-0.1, -0.05) is 20.8 Å². The van der Waals surface area contributed by atoms with Crippen LogP contribution in [0.1, 0.15) is 26.5 Å². The molecule has 96 valence electrons. The molecule has 0 aromatic carbocycles. The number of nitrogens with two attached hydrogens (primary N) is 1. The lowest BCUT2D eigenvalue weighted by Gasteiger charge is -2.29. The molecule has 0 saturated heterocycles. The lowest BCUT2D eigenvalue weighted by molar-refractivity contribution is 0.382. The van der Waals surface area contributed by atoms with E-state index in [1.807, 2.05) is 27.8 Å². The Labute approximate surface area is 102 Å². The molecule has 1 rings (SSSR count). The Morgan fingerprint density at radius 3 is 2.59 bits per heavy atom. The molecule has 0 unspecified atom stereocenters. The zero-order valence-electron chi connectivity index (χ0n) is 11.0. The summed E-state index contributed by atoms with van der Waals surface area (Å²) in [4.78, 5) is 9.72. The zero-order chi connectivity index (χ0) is 13.1. The van der Waals surface area contributed by atoms with Gasteiger partial charge in [-0.25, -0.2) is 14.4 Å². The quantitative estimate of drug-likeness (QED) is 0.849. The fourth-order valence-electron chi connectivity index (χ4n) is 1.69. The van der Waals surface area contributed by atoms with Crippen molar-refractivity contribution in [1.82, 2.24) is 9.97 Å². The summed E-state index contributed by atoms with van der Waals surface area (Å²) in [5, 5.41) is 0. The predicted octanol–water partition coefficient (Wildman–Crippen LogP) is 1.60. The number of hydrogen-bond donors (Lipinski definition) is 1. The van der Waals surface area contributed by atoms with Gasteiger partial charge in [-0.05, 0) is 18.4 Å². The van der Waals surface area contributed by atoms with Crippen molar-refractivity contribution >= 4 is 5.82 Å². The number of anilines is 1. The second-order valence-corrected chi connectivity index (χ2v) is 5.04. The van der Waals surface area contributed by atoms with Crippen LogP contribution in [0.4, 0.5) is 10.2 Å². The molecule has 0 atom stereocenters. The summed E-state index contributed by atoms with van der Waals surface area (Å²) >= 11 is 0. The third kappa shape index (κ3) is 3.36. The summed E-state index contributed by atoms with van der Waals surface area (Å²) in [5.41, 5.74) is 6.05. The van der Waals surface area contributed by atoms with E-state index in [9.17, 15) is 4.39 Å². The van der Waals surface area contributed by atoms with Gasteiger partial charge >= 0.3 is 0 Å². The van der Waals surface area contributed by atoms with Crippen LogP contribution in [0.5, 0.6) is 0 Å². The highest BCUT2D eigenvalue weighted by Gasteiger charge is 2.21. The second-order valence-electron chi connectivity index (χ2n) is 5.04. The van der Waals surface area contributed by atoms with Crippen molar-refractivity contribution in [3.8, 4) is 0 Å². The first-order chi connectivity index (χ1) is 7.91. The summed E-state index contributed by atoms with van der Waals surface area (Å²) in [5.74, 6) is 0.0173. The third-order valence-corrected chi connectivity index (χ3v) is 2.76. The van der Waals surface area contributed by atoms with Crippen molar-refractivity contribution in [2.45, 2.75) is 27.2 Å². The van der Waals surface area contributed by atoms with Crippen molar-refractivity contribution in [3.63, 3.8) is 0 Å². The van der Waals surface area contributed by atoms with Crippen molar-refractivity contribution in [1.29, 1.82) is 0 Å². The van der Waals surface area contributed by atoms with Gasteiger partial charge in [-0.3, -0.25) is 0 Å². The smallest absolute Gasteiger partial charge is 0.187 e. The Balaban J connectivity index is 2.93. The fourth-order valence-corrected chi connectivity index (χ4v) is 1.69. The molecule has 17 heavy (non-hydrogen) atoms. The Kier molecular flexibility index (Phi) is 4.40. The zero-order valence-corrected chi connectivity index (χ0v) is 11.0. The van der Waals surface area contributed by atoms with Crippen LogP contribution in [0.15, 0.2) is 6.33 Å². The lowest BCUT2D eigenvalue weighted by Crippen LogP contribution is -2.37. The molecular formula is C12H21FN4. The van der Waals surface area contributed by atoms with E-state index >= 15 is 0 Å². The molecule has 1 aromatic rings. The van der Waals surface area contributed by atoms with E-state index in [1.54, 1.807) is 4.90 Å². The molecule has 0 spiro atoms. The summed E-state index contributed by atoms with van der Waals surface area (Å²) in [6.45, 7) is 7.16. The van der Waals surface area contributed by atoms with E-state index in [4.69, 9.17) is 5.73 Å². The normalized spacial score (nSPS) is 11.6. The predicted molar refractivity (Wildman–Crippen MR) is 67.5 cm³/mol. The van der Waals surface area contributed by atoms with Gasteiger partial charge in [-0.15, -0.1) is 0 Å². The highest BCUT2D eigenvalue weighted by molar-refractivity contribution is 5.40. The first-order valence-electron chi connectivity index (χ1n) is 5.82. The van der Waals surface area contributed by atoms with Gasteiger partial charge in [0.25, 0.3) is 0 Å². The van der Waals surface area contributed by atoms with Crippen LogP contribution >= 0.6 is 0 Å². The fraction of sp³-hybridized carbons (Fsp3) is 0.667. The Bertz CT molecular complexity index is 379. The minimum Gasteiger partial charge on any atom is -0.357 e. The van der Waals surface area contributed by atoms with E-state index in [0.717, 1.165) is 0 Å². The average molecular weight is 240 g/mol. The average Bonchev–Trinajstić information content (AvgIpc) is 2.28. The number of aromatic nitrogens is 2. The number of aryl methyl sites for hydroxylation is 1. The maximum absolute atomic E-state index is 14.0. The summed E-state index contributed by atoms with van der Waals surface area (Å²) < 4.78 is 14.0. The number of halogens is 1. The van der Waals surface area contributed by atoms with Gasteiger partial charge < -0.3 is 10.6 Å². The number of hydrogen-bond acceptors (Lipinski definition) is 4. The molecule has 0 amide bonds. The summed E-state index contributed by atoms with van der Waals surface area (Å²) in [6, 6.07) is 0. The van der Waals surface area contributed by atoms with Gasteiger partial charge in [0.1, 0.15) is 6.33 Å². The van der Waals surface area contributed by atoms with E-state index in [0.29, 0.717) is 31.0 Å². The molecule has 0 saturated carbocycles. The SMILES string of the molecule is CCc1ncnc(N(C)CC(C)(C)CN)c1F. The Morgan fingerprint density at radius 1 is 1.41 bits per heavy atom. The molecule has 0 aliphatic heterocycles. The third-order valence-electron chi connectivity index (χ3n) is 2.76. The largest absolute Gasteiger partial charge is 0.357 e. The maximum atomic E-state index is 14.0. The molecule has 0 aliphatic carbocycles. The van der Waals surface area contributed by atoms with Gasteiger partial charge in [0, 0.05) is 13.6 Å². The van der Waals surface area contributed by atoms with E-state index in [1.165, 1.54) is 6.33 Å². The molecule has 0 fully saturated rings. The highest BCUT2D eigenvalue weighted by Crippen LogP contribution is 2.21. The molecule has 1 aromatic heterocycles. The minimum atomic E-state index is -0.328. The highest BCUT2D eigenvalue weighted by atomic mass is 19.1. The van der Waals surface area contributed by atoms with Crippen LogP contribution in [0.2, 0.25) is 0 Å². The van der Waals surface area contributed by atoms with Crippen LogP contribution < -0.4 is 10.6 Å². The molecule has 2 N–H and O–H groups in total. The molecule has 1 heterocycles. The summed E-state index contributed by atoms with van der Waals surface area (Å²) in [7, 11) is 1.82. The van der Waals surface area contributed by atoms with Gasteiger partial charge in [-0.2, -0.15) is 0 Å². The van der Waals surface area contributed by atoms with Crippen molar-refractivity contribution in [2.24, 2.45) is 11.1 Å². The summed E-state index contributed by atoms with van der Waals surface area (Å²) in [6.07, 6.45) is 1.97. The van der Waals surface area contributed by atoms with Crippen molar-refractivity contribution in [2.75, 3.05) is 25.0 Å². The number of rotatable bonds is 5. The first-order valence-corrected chi connectivity index (χ1v) is 5.82. The molecule has 5 heteroatoms. The number of nitrogens with zero attached hydrogens (tertiary/aromatic N) is 3. The molecule has 0 radical (unpaired) electrons. The van der Waals surface area contributed by atoms with Gasteiger partial charge in [0.05, 0.1) is 5.69 Å². The molecule has 0 aliphatic rings. The topological polar surface area (TPSA) is 55.0 Å². The van der Waals surface area contributed by atoms with Crippen LogP contribution in [-0.2, 0) is 6.42 Å². The van der Waals surface area contributed by atoms with Crippen molar-refractivity contribution < 1.29 is 4.39 Å². The monoisotopic (exact) mass is 240 g/mol. The molecular weight excluding hydrogens is 219 g/mol. The van der Waals surface area contributed by atoms with Crippen LogP contribution in [0.3, 0.4) is 0 Å². The van der Waals surface area contributed by atoms with Gasteiger partial charge in [0.2, 0.25) is 0 Å². The van der Waals surface area contributed by atoms with Crippen LogP contribution in [0, 0.1) is 11.2 Å². The van der Waals surface area contributed by atoms with Crippen LogP contribution in [-0.4, -0.2) is 30.1 Å². The Hall–Kier alpha value is -1.23. The standard InChI is InChI=1S/C12H21FN4/c1-5-9-10(13)11(16-8-15-9)17(4)7-12(2,3)6-14/h8H,5-7,14H2,1-4H3. The van der Waals surface area contributed by atoms with Gasteiger partial charge in [0.15, 0.2) is 11.6 Å². The minimum absolute atomic E-state index is 0.0709. The maximum Gasteiger partial charge on any atom is 0.187 e. The van der Waals surface area contributed by atoms with E-state index < -0.39 is 0 Å². The van der Waals surface area contributed by atoms with Crippen molar-refractivity contribution in [3.05, 3.63) is 17.8 Å². The second kappa shape index (κ2) is 5.40. The van der Waals surface area contributed by atoms with E-state index in [2.05, 4.69) is 9.97 Å². The molecule has 0 bridgehead atoms. The molecule has 4 nitrogen and oxygen atoms in total. The Morgan fingerprint density at radius 2 is 2.06 bits per heavy atom. The lowest BCUT2D eigenvalue weighted by atomic mass is 9.93. The van der Waals surface area contributed by atoms with Crippen LogP contribution in [0.25, 0.3) is 0 Å². The van der Waals surface area contributed by atoms with E-state index in [-0.39, 0.29) is 11.2 Å².